The van der Waals surface area contributed by atoms with Gasteiger partial charge in [0.2, 0.25) is 0 Å². The van der Waals surface area contributed by atoms with Crippen molar-refractivity contribution in [3.8, 4) is 0 Å². The van der Waals surface area contributed by atoms with Crippen molar-refractivity contribution in [1.29, 1.82) is 0 Å². The molecule has 0 aliphatic carbocycles. The Balaban J connectivity index is 1.69. The Hall–Kier alpha value is -2.18. The molecule has 27 heavy (non-hydrogen) atoms. The van der Waals surface area contributed by atoms with Crippen molar-refractivity contribution < 1.29 is 27.8 Å². The normalized spacial score (nSPS) is 10.5. The molecule has 0 heterocycles. The Kier molecular flexibility index (Phi) is 8.00. The Morgan fingerprint density at radius 2 is 1.19 bits per heavy atom. The van der Waals surface area contributed by atoms with Gasteiger partial charge in [-0.05, 0) is 30.7 Å². The molecule has 0 spiro atoms. The SMILES string of the molecule is O=C(CCCC(=O)OCc1c(F)cccc1Cl)OCc1c(F)cccc1Cl. The molecule has 0 amide bonds. The zero-order valence-electron chi connectivity index (χ0n) is 14.1. The Bertz CT molecular complexity index is 719. The molecule has 0 aromatic heterocycles. The van der Waals surface area contributed by atoms with Gasteiger partial charge >= 0.3 is 11.9 Å². The summed E-state index contributed by atoms with van der Waals surface area (Å²) in [5.41, 5.74) is 0.183. The van der Waals surface area contributed by atoms with Gasteiger partial charge in [-0.15, -0.1) is 0 Å². The standard InChI is InChI=1S/C19H16Cl2F2O4/c20-14-4-1-6-16(22)12(14)10-26-18(24)8-3-9-19(25)27-11-13-15(21)5-2-7-17(13)23/h1-2,4-7H,3,8-11H2. The van der Waals surface area contributed by atoms with Crippen LogP contribution in [-0.4, -0.2) is 11.9 Å². The van der Waals surface area contributed by atoms with E-state index in [1.165, 1.54) is 36.4 Å². The van der Waals surface area contributed by atoms with E-state index in [9.17, 15) is 18.4 Å². The summed E-state index contributed by atoms with van der Waals surface area (Å²) in [7, 11) is 0. The van der Waals surface area contributed by atoms with Gasteiger partial charge in [0.05, 0.1) is 10.0 Å². The van der Waals surface area contributed by atoms with Crippen LogP contribution in [0.15, 0.2) is 36.4 Å². The quantitative estimate of drug-likeness (QED) is 0.552. The third kappa shape index (κ3) is 6.48. The number of ether oxygens (including phenoxy) is 2. The number of carbonyl (C=O) groups is 2. The lowest BCUT2D eigenvalue weighted by Crippen LogP contribution is -2.09. The van der Waals surface area contributed by atoms with Crippen LogP contribution in [0.1, 0.15) is 30.4 Å². The molecule has 0 aliphatic heterocycles. The first-order valence-corrected chi connectivity index (χ1v) is 8.81. The van der Waals surface area contributed by atoms with Crippen LogP contribution >= 0.6 is 23.2 Å². The molecule has 0 N–H and O–H groups in total. The zero-order valence-corrected chi connectivity index (χ0v) is 15.7. The summed E-state index contributed by atoms with van der Waals surface area (Å²) in [6.07, 6.45) is 0.0664. The van der Waals surface area contributed by atoms with Gasteiger partial charge in [-0.3, -0.25) is 9.59 Å². The van der Waals surface area contributed by atoms with E-state index in [1.54, 1.807) is 0 Å². The zero-order chi connectivity index (χ0) is 19.8. The van der Waals surface area contributed by atoms with Crippen LogP contribution in [0, 0.1) is 11.6 Å². The van der Waals surface area contributed by atoms with Crippen molar-refractivity contribution in [3.63, 3.8) is 0 Å². The monoisotopic (exact) mass is 416 g/mol. The van der Waals surface area contributed by atoms with Crippen LogP contribution in [0.3, 0.4) is 0 Å². The molecule has 0 atom stereocenters. The third-order valence-corrected chi connectivity index (χ3v) is 4.35. The van der Waals surface area contributed by atoms with Crippen molar-refractivity contribution in [1.82, 2.24) is 0 Å². The first-order valence-electron chi connectivity index (χ1n) is 8.05. The maximum Gasteiger partial charge on any atom is 0.306 e. The largest absolute Gasteiger partial charge is 0.461 e. The number of hydrogen-bond donors (Lipinski definition) is 0. The van der Waals surface area contributed by atoms with E-state index in [2.05, 4.69) is 0 Å². The predicted molar refractivity (Wildman–Crippen MR) is 96.3 cm³/mol. The maximum absolute atomic E-state index is 13.6. The Morgan fingerprint density at radius 3 is 1.56 bits per heavy atom. The fourth-order valence-corrected chi connectivity index (χ4v) is 2.60. The highest BCUT2D eigenvalue weighted by Gasteiger charge is 2.13. The van der Waals surface area contributed by atoms with Crippen LogP contribution in [-0.2, 0) is 32.3 Å². The summed E-state index contributed by atoms with van der Waals surface area (Å²) in [6.45, 7) is -0.582. The van der Waals surface area contributed by atoms with Crippen molar-refractivity contribution in [2.45, 2.75) is 32.5 Å². The lowest BCUT2D eigenvalue weighted by atomic mass is 10.2. The Labute approximate surface area is 165 Å². The highest BCUT2D eigenvalue weighted by atomic mass is 35.5. The summed E-state index contributed by atoms with van der Waals surface area (Å²) >= 11 is 11.7. The average Bonchev–Trinajstić information content (AvgIpc) is 2.61. The summed E-state index contributed by atoms with van der Waals surface area (Å²) in [5, 5.41) is 0.330. The molecule has 0 radical (unpaired) electrons. The van der Waals surface area contributed by atoms with E-state index in [-0.39, 0.29) is 53.6 Å². The van der Waals surface area contributed by atoms with E-state index in [4.69, 9.17) is 32.7 Å². The number of halogens is 4. The second kappa shape index (κ2) is 10.2. The van der Waals surface area contributed by atoms with Gasteiger partial charge in [0.1, 0.15) is 24.8 Å². The van der Waals surface area contributed by atoms with Gasteiger partial charge in [-0.1, -0.05) is 35.3 Å². The molecule has 0 fully saturated rings. The molecule has 8 heteroatoms. The lowest BCUT2D eigenvalue weighted by molar-refractivity contribution is -0.146. The number of rotatable bonds is 8. The van der Waals surface area contributed by atoms with E-state index in [0.29, 0.717) is 0 Å². The lowest BCUT2D eigenvalue weighted by Gasteiger charge is -2.08. The number of benzene rings is 2. The fourth-order valence-electron chi connectivity index (χ4n) is 2.17. The minimum absolute atomic E-state index is 0.0539. The molecule has 4 nitrogen and oxygen atoms in total. The van der Waals surface area contributed by atoms with E-state index in [1.807, 2.05) is 0 Å². The second-order valence-corrected chi connectivity index (χ2v) is 6.39. The molecule has 0 saturated carbocycles. The smallest absolute Gasteiger partial charge is 0.306 e. The third-order valence-electron chi connectivity index (χ3n) is 3.64. The fraction of sp³-hybridized carbons (Fsp3) is 0.263. The van der Waals surface area contributed by atoms with Gasteiger partial charge in [-0.2, -0.15) is 0 Å². The summed E-state index contributed by atoms with van der Waals surface area (Å²) in [4.78, 5) is 23.4. The van der Waals surface area contributed by atoms with Gasteiger partial charge < -0.3 is 9.47 Å². The first kappa shape index (κ1) is 21.1. The van der Waals surface area contributed by atoms with Crippen LogP contribution < -0.4 is 0 Å². The van der Waals surface area contributed by atoms with Crippen LogP contribution in [0.25, 0.3) is 0 Å². The minimum Gasteiger partial charge on any atom is -0.461 e. The average molecular weight is 417 g/mol. The summed E-state index contributed by atoms with van der Waals surface area (Å²) in [5.74, 6) is -2.32. The molecule has 0 bridgehead atoms. The number of hydrogen-bond acceptors (Lipinski definition) is 4. The van der Waals surface area contributed by atoms with Crippen LogP contribution in [0.4, 0.5) is 8.78 Å². The van der Waals surface area contributed by atoms with E-state index < -0.39 is 23.6 Å². The van der Waals surface area contributed by atoms with Crippen molar-refractivity contribution >= 4 is 35.1 Å². The molecule has 2 aromatic rings. The van der Waals surface area contributed by atoms with Crippen LogP contribution in [0.5, 0.6) is 0 Å². The molecule has 144 valence electrons. The van der Waals surface area contributed by atoms with Gasteiger partial charge in [0.15, 0.2) is 0 Å². The number of esters is 2. The predicted octanol–water partition coefficient (Wildman–Crippen LogP) is 5.23. The highest BCUT2D eigenvalue weighted by molar-refractivity contribution is 6.31. The van der Waals surface area contributed by atoms with E-state index >= 15 is 0 Å². The molecule has 2 rings (SSSR count). The van der Waals surface area contributed by atoms with Crippen molar-refractivity contribution in [2.24, 2.45) is 0 Å². The molecular formula is C19H16Cl2F2O4. The molecule has 0 unspecified atom stereocenters. The summed E-state index contributed by atoms with van der Waals surface area (Å²) < 4.78 is 37.0. The van der Waals surface area contributed by atoms with Crippen molar-refractivity contribution in [3.05, 3.63) is 69.2 Å². The van der Waals surface area contributed by atoms with Crippen molar-refractivity contribution in [2.75, 3.05) is 0 Å². The molecule has 0 aliphatic rings. The highest BCUT2D eigenvalue weighted by Crippen LogP contribution is 2.21. The van der Waals surface area contributed by atoms with Crippen LogP contribution in [0.2, 0.25) is 10.0 Å². The molecule has 2 aromatic carbocycles. The minimum atomic E-state index is -0.598. The molecular weight excluding hydrogens is 401 g/mol. The maximum atomic E-state index is 13.6. The van der Waals surface area contributed by atoms with Gasteiger partial charge in [-0.25, -0.2) is 8.78 Å². The second-order valence-electron chi connectivity index (χ2n) is 5.58. The number of carbonyl (C=O) groups excluding carboxylic acids is 2. The first-order chi connectivity index (χ1) is 12.9. The van der Waals surface area contributed by atoms with Gasteiger partial charge in [0.25, 0.3) is 0 Å². The topological polar surface area (TPSA) is 52.6 Å². The summed E-state index contributed by atoms with van der Waals surface area (Å²) in [6, 6.07) is 8.31. The van der Waals surface area contributed by atoms with E-state index in [0.717, 1.165) is 0 Å². The Morgan fingerprint density at radius 1 is 0.778 bits per heavy atom. The molecule has 0 saturated heterocycles. The van der Waals surface area contributed by atoms with Gasteiger partial charge in [0, 0.05) is 24.0 Å².